The van der Waals surface area contributed by atoms with Crippen LogP contribution in [-0.2, 0) is 6.54 Å². The number of rotatable bonds is 4. The number of hydrogen-bond donors (Lipinski definition) is 1. The normalized spacial score (nSPS) is 12.6. The zero-order chi connectivity index (χ0) is 12.3. The van der Waals surface area contributed by atoms with Crippen molar-refractivity contribution in [2.45, 2.75) is 26.4 Å². The molecule has 0 bridgehead atoms. The molecule has 0 saturated heterocycles. The summed E-state index contributed by atoms with van der Waals surface area (Å²) in [5.74, 6) is -0.184. The summed E-state index contributed by atoms with van der Waals surface area (Å²) in [4.78, 5) is 1.37. The molecule has 0 saturated carbocycles. The highest BCUT2D eigenvalue weighted by molar-refractivity contribution is 7.10. The quantitative estimate of drug-likeness (QED) is 0.862. The Labute approximate surface area is 105 Å². The standard InChI is InChI=1S/C14H16FNS/c1-10-7-8-17-14(10)11(2)16-9-12-3-5-13(15)6-4-12/h3-8,11,16H,9H2,1-2H3. The van der Waals surface area contributed by atoms with Gasteiger partial charge >= 0.3 is 0 Å². The van der Waals surface area contributed by atoms with Gasteiger partial charge in [0.2, 0.25) is 0 Å². The summed E-state index contributed by atoms with van der Waals surface area (Å²) in [7, 11) is 0. The topological polar surface area (TPSA) is 12.0 Å². The molecule has 1 nitrogen and oxygen atoms in total. The third-order valence-electron chi connectivity index (χ3n) is 2.82. The molecule has 0 aliphatic heterocycles. The summed E-state index contributed by atoms with van der Waals surface area (Å²) in [5.41, 5.74) is 2.43. The highest BCUT2D eigenvalue weighted by Crippen LogP contribution is 2.23. The van der Waals surface area contributed by atoms with E-state index in [2.05, 4.69) is 30.6 Å². The summed E-state index contributed by atoms with van der Waals surface area (Å²) in [6.07, 6.45) is 0. The van der Waals surface area contributed by atoms with Gasteiger partial charge < -0.3 is 5.32 Å². The second kappa shape index (κ2) is 5.43. The van der Waals surface area contributed by atoms with Gasteiger partial charge in [-0.05, 0) is 48.6 Å². The molecule has 0 amide bonds. The molecule has 0 aliphatic rings. The summed E-state index contributed by atoms with van der Waals surface area (Å²) < 4.78 is 12.7. The third kappa shape index (κ3) is 3.14. The first kappa shape index (κ1) is 12.3. The second-order valence-electron chi connectivity index (χ2n) is 4.20. The number of thiophene rings is 1. The number of halogens is 1. The molecule has 2 rings (SSSR count). The minimum atomic E-state index is -0.184. The van der Waals surface area contributed by atoms with Crippen molar-refractivity contribution in [3.8, 4) is 0 Å². The van der Waals surface area contributed by atoms with Crippen LogP contribution in [0, 0.1) is 12.7 Å². The van der Waals surface area contributed by atoms with Gasteiger partial charge in [-0.1, -0.05) is 12.1 Å². The summed E-state index contributed by atoms with van der Waals surface area (Å²) in [5, 5.41) is 5.56. The van der Waals surface area contributed by atoms with Gasteiger partial charge in [0.1, 0.15) is 5.82 Å². The number of nitrogens with one attached hydrogen (secondary N) is 1. The molecule has 90 valence electrons. The summed E-state index contributed by atoms with van der Waals surface area (Å²) in [6, 6.07) is 9.10. The monoisotopic (exact) mass is 249 g/mol. The summed E-state index contributed by atoms with van der Waals surface area (Å²) >= 11 is 1.77. The third-order valence-corrected chi connectivity index (χ3v) is 4.02. The van der Waals surface area contributed by atoms with Crippen molar-refractivity contribution in [3.63, 3.8) is 0 Å². The first-order valence-electron chi connectivity index (χ1n) is 5.68. The highest BCUT2D eigenvalue weighted by Gasteiger charge is 2.08. The van der Waals surface area contributed by atoms with Crippen molar-refractivity contribution in [1.29, 1.82) is 0 Å². The van der Waals surface area contributed by atoms with Crippen LogP contribution >= 0.6 is 11.3 Å². The summed E-state index contributed by atoms with van der Waals surface area (Å²) in [6.45, 7) is 5.04. The van der Waals surface area contributed by atoms with Crippen LogP contribution in [0.15, 0.2) is 35.7 Å². The van der Waals surface area contributed by atoms with Gasteiger partial charge in [0, 0.05) is 17.5 Å². The van der Waals surface area contributed by atoms with E-state index >= 15 is 0 Å². The van der Waals surface area contributed by atoms with Crippen LogP contribution in [0.1, 0.15) is 29.0 Å². The Morgan fingerprint density at radius 1 is 1.24 bits per heavy atom. The Hall–Kier alpha value is -1.19. The molecular weight excluding hydrogens is 233 g/mol. The number of aryl methyl sites for hydroxylation is 1. The van der Waals surface area contributed by atoms with Crippen LogP contribution in [0.25, 0.3) is 0 Å². The lowest BCUT2D eigenvalue weighted by atomic mass is 10.1. The average Bonchev–Trinajstić information content (AvgIpc) is 2.74. The number of hydrogen-bond acceptors (Lipinski definition) is 2. The van der Waals surface area contributed by atoms with Crippen LogP contribution < -0.4 is 5.32 Å². The lowest BCUT2D eigenvalue weighted by molar-refractivity contribution is 0.578. The lowest BCUT2D eigenvalue weighted by Crippen LogP contribution is -2.17. The zero-order valence-electron chi connectivity index (χ0n) is 10.0. The first-order valence-corrected chi connectivity index (χ1v) is 6.56. The van der Waals surface area contributed by atoms with Crippen LogP contribution in [-0.4, -0.2) is 0 Å². The maximum absolute atomic E-state index is 12.7. The average molecular weight is 249 g/mol. The minimum absolute atomic E-state index is 0.184. The Kier molecular flexibility index (Phi) is 3.92. The molecule has 17 heavy (non-hydrogen) atoms. The molecule has 1 atom stereocenters. The van der Waals surface area contributed by atoms with Gasteiger partial charge in [0.15, 0.2) is 0 Å². The van der Waals surface area contributed by atoms with E-state index in [0.717, 1.165) is 12.1 Å². The largest absolute Gasteiger partial charge is 0.305 e. The Morgan fingerprint density at radius 2 is 1.94 bits per heavy atom. The predicted octanol–water partition coefficient (Wildman–Crippen LogP) is 4.05. The molecule has 1 heterocycles. The van der Waals surface area contributed by atoms with Crippen LogP contribution in [0.3, 0.4) is 0 Å². The molecule has 0 spiro atoms. The first-order chi connectivity index (χ1) is 8.16. The van der Waals surface area contributed by atoms with E-state index in [-0.39, 0.29) is 5.82 Å². The van der Waals surface area contributed by atoms with E-state index in [1.54, 1.807) is 11.3 Å². The van der Waals surface area contributed by atoms with E-state index < -0.39 is 0 Å². The van der Waals surface area contributed by atoms with Crippen molar-refractivity contribution in [1.82, 2.24) is 5.32 Å². The molecule has 1 aromatic heterocycles. The maximum Gasteiger partial charge on any atom is 0.123 e. The van der Waals surface area contributed by atoms with Gasteiger partial charge in [-0.15, -0.1) is 11.3 Å². The van der Waals surface area contributed by atoms with Crippen LogP contribution in [0.4, 0.5) is 4.39 Å². The van der Waals surface area contributed by atoms with E-state index in [4.69, 9.17) is 0 Å². The second-order valence-corrected chi connectivity index (χ2v) is 5.14. The fourth-order valence-corrected chi connectivity index (χ4v) is 2.75. The Bertz CT molecular complexity index is 475. The lowest BCUT2D eigenvalue weighted by Gasteiger charge is -2.13. The molecule has 0 fully saturated rings. The maximum atomic E-state index is 12.7. The van der Waals surface area contributed by atoms with Gasteiger partial charge in [0.05, 0.1) is 0 Å². The van der Waals surface area contributed by atoms with Gasteiger partial charge in [-0.2, -0.15) is 0 Å². The van der Waals surface area contributed by atoms with E-state index in [1.165, 1.54) is 22.6 Å². The molecule has 1 N–H and O–H groups in total. The molecule has 0 aliphatic carbocycles. The van der Waals surface area contributed by atoms with Gasteiger partial charge in [-0.25, -0.2) is 4.39 Å². The Balaban J connectivity index is 1.94. The van der Waals surface area contributed by atoms with Crippen molar-refractivity contribution < 1.29 is 4.39 Å². The fourth-order valence-electron chi connectivity index (χ4n) is 1.79. The molecular formula is C14H16FNS. The van der Waals surface area contributed by atoms with Crippen molar-refractivity contribution in [3.05, 3.63) is 57.5 Å². The van der Waals surface area contributed by atoms with Gasteiger partial charge in [-0.3, -0.25) is 0 Å². The van der Waals surface area contributed by atoms with Crippen LogP contribution in [0.5, 0.6) is 0 Å². The van der Waals surface area contributed by atoms with E-state index in [0.29, 0.717) is 6.04 Å². The fraction of sp³-hybridized carbons (Fsp3) is 0.286. The van der Waals surface area contributed by atoms with Crippen molar-refractivity contribution in [2.24, 2.45) is 0 Å². The molecule has 1 unspecified atom stereocenters. The molecule has 2 aromatic rings. The predicted molar refractivity (Wildman–Crippen MR) is 70.7 cm³/mol. The SMILES string of the molecule is Cc1ccsc1C(C)NCc1ccc(F)cc1. The molecule has 1 aromatic carbocycles. The van der Waals surface area contributed by atoms with E-state index in [9.17, 15) is 4.39 Å². The van der Waals surface area contributed by atoms with E-state index in [1.807, 2.05) is 12.1 Å². The van der Waals surface area contributed by atoms with Crippen molar-refractivity contribution in [2.75, 3.05) is 0 Å². The smallest absolute Gasteiger partial charge is 0.123 e. The zero-order valence-corrected chi connectivity index (χ0v) is 10.9. The Morgan fingerprint density at radius 3 is 2.53 bits per heavy atom. The van der Waals surface area contributed by atoms with Gasteiger partial charge in [0.25, 0.3) is 0 Å². The minimum Gasteiger partial charge on any atom is -0.305 e. The number of benzene rings is 1. The highest BCUT2D eigenvalue weighted by atomic mass is 32.1. The van der Waals surface area contributed by atoms with Crippen LogP contribution in [0.2, 0.25) is 0 Å². The molecule has 0 radical (unpaired) electrons. The molecule has 3 heteroatoms. The van der Waals surface area contributed by atoms with Crippen molar-refractivity contribution >= 4 is 11.3 Å².